The van der Waals surface area contributed by atoms with E-state index in [4.69, 9.17) is 0 Å². The standard InChI is InChI=1S/C12H14F3NO/c13-12(14,15)8-17-11-5-3-10(4-6-11)16-7-9-1-2-9/h3-6,9,16H,1-2,7-8H2. The van der Waals surface area contributed by atoms with Gasteiger partial charge in [0.1, 0.15) is 5.75 Å². The minimum absolute atomic E-state index is 0.235. The number of nitrogens with one attached hydrogen (secondary N) is 1. The highest BCUT2D eigenvalue weighted by Gasteiger charge is 2.28. The van der Waals surface area contributed by atoms with Crippen molar-refractivity contribution in [1.82, 2.24) is 0 Å². The first-order chi connectivity index (χ1) is 8.03. The number of benzene rings is 1. The summed E-state index contributed by atoms with van der Waals surface area (Å²) in [6.45, 7) is -0.315. The average molecular weight is 245 g/mol. The van der Waals surface area contributed by atoms with Gasteiger partial charge in [-0.3, -0.25) is 0 Å². The zero-order valence-corrected chi connectivity index (χ0v) is 9.26. The minimum atomic E-state index is -4.29. The van der Waals surface area contributed by atoms with Crippen molar-refractivity contribution in [3.05, 3.63) is 24.3 Å². The fourth-order valence-corrected chi connectivity index (χ4v) is 1.42. The van der Waals surface area contributed by atoms with Crippen LogP contribution < -0.4 is 10.1 Å². The molecule has 0 bridgehead atoms. The van der Waals surface area contributed by atoms with Crippen LogP contribution in [0.15, 0.2) is 24.3 Å². The van der Waals surface area contributed by atoms with Crippen molar-refractivity contribution in [3.63, 3.8) is 0 Å². The summed E-state index contributed by atoms with van der Waals surface area (Å²) in [6.07, 6.45) is -1.76. The lowest BCUT2D eigenvalue weighted by Gasteiger charge is -2.10. The lowest BCUT2D eigenvalue weighted by atomic mass is 10.3. The Morgan fingerprint density at radius 2 is 1.82 bits per heavy atom. The predicted octanol–water partition coefficient (Wildman–Crippen LogP) is 3.45. The third-order valence-corrected chi connectivity index (χ3v) is 2.55. The second-order valence-electron chi connectivity index (χ2n) is 4.25. The third kappa shape index (κ3) is 4.54. The van der Waals surface area contributed by atoms with E-state index in [1.165, 1.54) is 12.8 Å². The van der Waals surface area contributed by atoms with E-state index in [0.717, 1.165) is 18.2 Å². The Bertz CT molecular complexity index is 357. The molecule has 2 nitrogen and oxygen atoms in total. The summed E-state index contributed by atoms with van der Waals surface area (Å²) in [6, 6.07) is 6.55. The van der Waals surface area contributed by atoms with Gasteiger partial charge in [0.05, 0.1) is 0 Å². The van der Waals surface area contributed by atoms with Crippen LogP contribution >= 0.6 is 0 Å². The maximum absolute atomic E-state index is 11.9. The van der Waals surface area contributed by atoms with Crippen molar-refractivity contribution in [2.45, 2.75) is 19.0 Å². The molecule has 0 heterocycles. The monoisotopic (exact) mass is 245 g/mol. The molecule has 0 aromatic heterocycles. The van der Waals surface area contributed by atoms with E-state index >= 15 is 0 Å². The minimum Gasteiger partial charge on any atom is -0.484 e. The predicted molar refractivity (Wildman–Crippen MR) is 59.2 cm³/mol. The molecule has 0 unspecified atom stereocenters. The van der Waals surface area contributed by atoms with Gasteiger partial charge < -0.3 is 10.1 Å². The number of ether oxygens (including phenoxy) is 1. The quantitative estimate of drug-likeness (QED) is 0.857. The molecule has 0 radical (unpaired) electrons. The van der Waals surface area contributed by atoms with Crippen LogP contribution in [0.1, 0.15) is 12.8 Å². The molecule has 0 amide bonds. The average Bonchev–Trinajstić information content (AvgIpc) is 3.08. The van der Waals surface area contributed by atoms with Crippen molar-refractivity contribution >= 4 is 5.69 Å². The number of halogens is 3. The summed E-state index contributed by atoms with van der Waals surface area (Å²) in [7, 11) is 0. The van der Waals surface area contributed by atoms with E-state index in [2.05, 4.69) is 10.1 Å². The first kappa shape index (κ1) is 12.1. The smallest absolute Gasteiger partial charge is 0.422 e. The summed E-state index contributed by atoms with van der Waals surface area (Å²) in [4.78, 5) is 0. The van der Waals surface area contributed by atoms with E-state index in [1.807, 2.05) is 0 Å². The van der Waals surface area contributed by atoms with Gasteiger partial charge in [0, 0.05) is 12.2 Å². The molecule has 0 aliphatic heterocycles. The fourth-order valence-electron chi connectivity index (χ4n) is 1.42. The molecule has 2 rings (SSSR count). The van der Waals surface area contributed by atoms with Gasteiger partial charge in [0.2, 0.25) is 0 Å². The van der Waals surface area contributed by atoms with Crippen molar-refractivity contribution in [1.29, 1.82) is 0 Å². The summed E-state index contributed by atoms with van der Waals surface area (Å²) in [5.41, 5.74) is 0.913. The van der Waals surface area contributed by atoms with Crippen molar-refractivity contribution < 1.29 is 17.9 Å². The van der Waals surface area contributed by atoms with E-state index in [1.54, 1.807) is 24.3 Å². The first-order valence-electron chi connectivity index (χ1n) is 5.56. The molecule has 1 fully saturated rings. The molecule has 0 saturated heterocycles. The highest BCUT2D eigenvalue weighted by Crippen LogP contribution is 2.29. The topological polar surface area (TPSA) is 21.3 Å². The Balaban J connectivity index is 1.79. The van der Waals surface area contributed by atoms with Crippen LogP contribution in [0.5, 0.6) is 5.75 Å². The Morgan fingerprint density at radius 3 is 2.35 bits per heavy atom. The van der Waals surface area contributed by atoms with E-state index in [0.29, 0.717) is 0 Å². The molecule has 0 spiro atoms. The van der Waals surface area contributed by atoms with Crippen LogP contribution in [0.25, 0.3) is 0 Å². The molecule has 1 aromatic rings. The SMILES string of the molecule is FC(F)(F)COc1ccc(NCC2CC2)cc1. The Labute approximate surface area is 97.8 Å². The molecular weight excluding hydrogens is 231 g/mol. The van der Waals surface area contributed by atoms with Crippen LogP contribution in [0.4, 0.5) is 18.9 Å². The van der Waals surface area contributed by atoms with Crippen LogP contribution in [0.2, 0.25) is 0 Å². The van der Waals surface area contributed by atoms with Gasteiger partial charge in [0.25, 0.3) is 0 Å². The Kier molecular flexibility index (Phi) is 3.45. The lowest BCUT2D eigenvalue weighted by molar-refractivity contribution is -0.153. The van der Waals surface area contributed by atoms with Crippen LogP contribution in [-0.4, -0.2) is 19.3 Å². The van der Waals surface area contributed by atoms with Crippen molar-refractivity contribution in [2.24, 2.45) is 5.92 Å². The van der Waals surface area contributed by atoms with Gasteiger partial charge >= 0.3 is 6.18 Å². The largest absolute Gasteiger partial charge is 0.484 e. The summed E-state index contributed by atoms with van der Waals surface area (Å²) in [5.74, 6) is 0.996. The molecule has 17 heavy (non-hydrogen) atoms. The van der Waals surface area contributed by atoms with Gasteiger partial charge in [-0.05, 0) is 43.0 Å². The van der Waals surface area contributed by atoms with Gasteiger partial charge in [-0.15, -0.1) is 0 Å². The molecule has 94 valence electrons. The molecule has 1 aromatic carbocycles. The fraction of sp³-hybridized carbons (Fsp3) is 0.500. The van der Waals surface area contributed by atoms with Crippen molar-refractivity contribution in [3.8, 4) is 5.75 Å². The second kappa shape index (κ2) is 4.85. The number of alkyl halides is 3. The second-order valence-corrected chi connectivity index (χ2v) is 4.25. The Morgan fingerprint density at radius 1 is 1.18 bits per heavy atom. The van der Waals surface area contributed by atoms with Gasteiger partial charge in [-0.2, -0.15) is 13.2 Å². The zero-order valence-electron chi connectivity index (χ0n) is 9.26. The van der Waals surface area contributed by atoms with E-state index < -0.39 is 12.8 Å². The van der Waals surface area contributed by atoms with E-state index in [-0.39, 0.29) is 5.75 Å². The molecule has 5 heteroatoms. The van der Waals surface area contributed by atoms with Gasteiger partial charge in [0.15, 0.2) is 6.61 Å². The number of hydrogen-bond acceptors (Lipinski definition) is 2. The zero-order chi connectivity index (χ0) is 12.3. The molecule has 1 aliphatic carbocycles. The maximum Gasteiger partial charge on any atom is 0.422 e. The van der Waals surface area contributed by atoms with Gasteiger partial charge in [-0.25, -0.2) is 0 Å². The van der Waals surface area contributed by atoms with Crippen molar-refractivity contribution in [2.75, 3.05) is 18.5 Å². The molecule has 0 atom stereocenters. The highest BCUT2D eigenvalue weighted by molar-refractivity contribution is 5.46. The highest BCUT2D eigenvalue weighted by atomic mass is 19.4. The third-order valence-electron chi connectivity index (χ3n) is 2.55. The Hall–Kier alpha value is -1.39. The van der Waals surface area contributed by atoms with Crippen LogP contribution in [-0.2, 0) is 0 Å². The number of anilines is 1. The maximum atomic E-state index is 11.9. The number of hydrogen-bond donors (Lipinski definition) is 1. The summed E-state index contributed by atoms with van der Waals surface area (Å²) in [5, 5.41) is 3.23. The lowest BCUT2D eigenvalue weighted by Crippen LogP contribution is -2.19. The van der Waals surface area contributed by atoms with Crippen LogP contribution in [0, 0.1) is 5.92 Å². The summed E-state index contributed by atoms with van der Waals surface area (Å²) >= 11 is 0. The van der Waals surface area contributed by atoms with E-state index in [9.17, 15) is 13.2 Å². The molecule has 1 saturated carbocycles. The summed E-state index contributed by atoms with van der Waals surface area (Å²) < 4.78 is 40.3. The first-order valence-corrected chi connectivity index (χ1v) is 5.56. The molecule has 1 aliphatic rings. The molecule has 1 N–H and O–H groups in total. The number of rotatable bonds is 5. The normalized spacial score (nSPS) is 15.7. The molecular formula is C12H14F3NO. The van der Waals surface area contributed by atoms with Gasteiger partial charge in [-0.1, -0.05) is 0 Å². The van der Waals surface area contributed by atoms with Crippen LogP contribution in [0.3, 0.4) is 0 Å².